The number of carbonyl (C=O) groups excluding carboxylic acids is 1. The van der Waals surface area contributed by atoms with Crippen molar-refractivity contribution in [1.82, 2.24) is 4.90 Å². The first-order valence-electron chi connectivity index (χ1n) is 7.49. The summed E-state index contributed by atoms with van der Waals surface area (Å²) < 4.78 is 0. The molecule has 0 aromatic carbocycles. The van der Waals surface area contributed by atoms with Gasteiger partial charge >= 0.3 is 0 Å². The maximum atomic E-state index is 12.7. The lowest BCUT2D eigenvalue weighted by atomic mass is 9.79. The molecule has 1 heterocycles. The highest BCUT2D eigenvalue weighted by molar-refractivity contribution is 5.83. The van der Waals surface area contributed by atoms with Crippen molar-refractivity contribution < 1.29 is 4.79 Å². The summed E-state index contributed by atoms with van der Waals surface area (Å²) in [4.78, 5) is 14.7. The third-order valence-corrected chi connectivity index (χ3v) is 4.66. The molecule has 19 heavy (non-hydrogen) atoms. The molecule has 0 aromatic heterocycles. The van der Waals surface area contributed by atoms with E-state index < -0.39 is 0 Å². The van der Waals surface area contributed by atoms with Gasteiger partial charge in [0.2, 0.25) is 5.91 Å². The summed E-state index contributed by atoms with van der Waals surface area (Å²) in [7, 11) is 0. The van der Waals surface area contributed by atoms with Crippen LogP contribution < -0.4 is 5.73 Å². The fourth-order valence-corrected chi connectivity index (χ4v) is 2.80. The Morgan fingerprint density at radius 1 is 1.32 bits per heavy atom. The minimum Gasteiger partial charge on any atom is -0.338 e. The van der Waals surface area contributed by atoms with Gasteiger partial charge < -0.3 is 10.6 Å². The molecule has 0 unspecified atom stereocenters. The second kappa shape index (κ2) is 6.08. The van der Waals surface area contributed by atoms with Crippen molar-refractivity contribution in [3.63, 3.8) is 0 Å². The quantitative estimate of drug-likeness (QED) is 0.795. The monoisotopic (exact) mass is 266 g/mol. The van der Waals surface area contributed by atoms with E-state index in [9.17, 15) is 4.79 Å². The van der Waals surface area contributed by atoms with Crippen LogP contribution in [0.15, 0.2) is 11.6 Å². The molecule has 3 heteroatoms. The highest BCUT2D eigenvalue weighted by atomic mass is 16.2. The molecule has 0 aliphatic carbocycles. The summed E-state index contributed by atoms with van der Waals surface area (Å²) in [6.45, 7) is 12.9. The molecule has 1 aliphatic rings. The van der Waals surface area contributed by atoms with Crippen LogP contribution in [-0.2, 0) is 4.79 Å². The molecular formula is C16H30N2O. The van der Waals surface area contributed by atoms with E-state index in [-0.39, 0.29) is 16.7 Å². The van der Waals surface area contributed by atoms with E-state index in [0.717, 1.165) is 32.4 Å². The summed E-state index contributed by atoms with van der Waals surface area (Å²) in [5.74, 6) is 0.240. The first kappa shape index (κ1) is 16.2. The number of carbonyl (C=O) groups is 1. The van der Waals surface area contributed by atoms with Crippen LogP contribution in [0.25, 0.3) is 0 Å². The zero-order chi connectivity index (χ0) is 14.7. The van der Waals surface area contributed by atoms with Gasteiger partial charge in [-0.3, -0.25) is 4.79 Å². The Balaban J connectivity index is 2.80. The maximum absolute atomic E-state index is 12.7. The molecule has 3 nitrogen and oxygen atoms in total. The van der Waals surface area contributed by atoms with Gasteiger partial charge in [0.05, 0.1) is 5.41 Å². The first-order valence-corrected chi connectivity index (χ1v) is 7.49. The van der Waals surface area contributed by atoms with Crippen LogP contribution in [-0.4, -0.2) is 30.4 Å². The van der Waals surface area contributed by atoms with Crippen molar-refractivity contribution in [3.8, 4) is 0 Å². The molecule has 110 valence electrons. The molecule has 0 aromatic rings. The Labute approximate surface area is 118 Å². The second-order valence-corrected chi connectivity index (χ2v) is 6.67. The largest absolute Gasteiger partial charge is 0.338 e. The number of nitrogens with zero attached hydrogens (tertiary/aromatic N) is 1. The molecule has 0 bridgehead atoms. The molecule has 1 amide bonds. The fourth-order valence-electron chi connectivity index (χ4n) is 2.80. The Kier molecular flexibility index (Phi) is 5.19. The number of rotatable bonds is 4. The number of hydrogen-bond donors (Lipinski definition) is 1. The van der Waals surface area contributed by atoms with Crippen LogP contribution in [0.2, 0.25) is 0 Å². The Morgan fingerprint density at radius 3 is 2.21 bits per heavy atom. The topological polar surface area (TPSA) is 46.3 Å². The predicted molar refractivity (Wildman–Crippen MR) is 80.8 cm³/mol. The minimum absolute atomic E-state index is 0.218. The van der Waals surface area contributed by atoms with Crippen LogP contribution in [0.1, 0.15) is 53.9 Å². The lowest BCUT2D eigenvalue weighted by Crippen LogP contribution is -2.49. The maximum Gasteiger partial charge on any atom is 0.230 e. The SMILES string of the molecule is CCC(CC)(CN)C(=O)N1CC=C(C(C)(C)C)CC1. The van der Waals surface area contributed by atoms with Gasteiger partial charge in [0.25, 0.3) is 0 Å². The third-order valence-electron chi connectivity index (χ3n) is 4.66. The highest BCUT2D eigenvalue weighted by Crippen LogP contribution is 2.33. The van der Waals surface area contributed by atoms with Gasteiger partial charge in [-0.05, 0) is 24.7 Å². The van der Waals surface area contributed by atoms with E-state index in [1.54, 1.807) is 0 Å². The molecule has 0 saturated heterocycles. The zero-order valence-corrected chi connectivity index (χ0v) is 13.3. The molecule has 0 atom stereocenters. The average Bonchev–Trinajstić information content (AvgIpc) is 2.40. The molecule has 1 aliphatic heterocycles. The Morgan fingerprint density at radius 2 is 1.89 bits per heavy atom. The van der Waals surface area contributed by atoms with Crippen LogP contribution in [0, 0.1) is 10.8 Å². The summed E-state index contributed by atoms with van der Waals surface area (Å²) in [6, 6.07) is 0. The predicted octanol–water partition coefficient (Wildman–Crippen LogP) is 2.96. The molecule has 1 rings (SSSR count). The van der Waals surface area contributed by atoms with Gasteiger partial charge in [-0.1, -0.05) is 46.3 Å². The molecule has 0 radical (unpaired) electrons. The summed E-state index contributed by atoms with van der Waals surface area (Å²) >= 11 is 0. The molecule has 0 spiro atoms. The third kappa shape index (κ3) is 3.38. The van der Waals surface area contributed by atoms with E-state index in [2.05, 4.69) is 40.7 Å². The fraction of sp³-hybridized carbons (Fsp3) is 0.812. The van der Waals surface area contributed by atoms with Gasteiger partial charge in [-0.2, -0.15) is 0 Å². The van der Waals surface area contributed by atoms with E-state index in [1.807, 2.05) is 4.90 Å². The van der Waals surface area contributed by atoms with Crippen molar-refractivity contribution in [1.29, 1.82) is 0 Å². The smallest absolute Gasteiger partial charge is 0.230 e. The molecule has 0 fully saturated rings. The summed E-state index contributed by atoms with van der Waals surface area (Å²) in [5, 5.41) is 0. The first-order chi connectivity index (χ1) is 8.80. The number of nitrogens with two attached hydrogens (primary N) is 1. The molecule has 0 saturated carbocycles. The molecular weight excluding hydrogens is 236 g/mol. The number of hydrogen-bond acceptors (Lipinski definition) is 2. The van der Waals surface area contributed by atoms with E-state index in [1.165, 1.54) is 5.57 Å². The Hall–Kier alpha value is -0.830. The van der Waals surface area contributed by atoms with Gasteiger partial charge in [0, 0.05) is 19.6 Å². The van der Waals surface area contributed by atoms with E-state index >= 15 is 0 Å². The summed E-state index contributed by atoms with van der Waals surface area (Å²) in [5.41, 5.74) is 7.19. The second-order valence-electron chi connectivity index (χ2n) is 6.67. The van der Waals surface area contributed by atoms with Crippen LogP contribution in [0.4, 0.5) is 0 Å². The van der Waals surface area contributed by atoms with Gasteiger partial charge in [0.15, 0.2) is 0 Å². The van der Waals surface area contributed by atoms with Crippen molar-refractivity contribution >= 4 is 5.91 Å². The normalized spacial score (nSPS) is 17.4. The van der Waals surface area contributed by atoms with Gasteiger partial charge in [-0.15, -0.1) is 0 Å². The van der Waals surface area contributed by atoms with Crippen molar-refractivity contribution in [3.05, 3.63) is 11.6 Å². The van der Waals surface area contributed by atoms with Crippen LogP contribution in [0.5, 0.6) is 0 Å². The van der Waals surface area contributed by atoms with Crippen molar-refractivity contribution in [2.75, 3.05) is 19.6 Å². The van der Waals surface area contributed by atoms with Crippen LogP contribution in [0.3, 0.4) is 0 Å². The van der Waals surface area contributed by atoms with Crippen molar-refractivity contribution in [2.24, 2.45) is 16.6 Å². The minimum atomic E-state index is -0.354. The van der Waals surface area contributed by atoms with E-state index in [4.69, 9.17) is 5.73 Å². The average molecular weight is 266 g/mol. The highest BCUT2D eigenvalue weighted by Gasteiger charge is 2.37. The standard InChI is InChI=1S/C16H30N2O/c1-6-16(7-2,12-17)14(19)18-10-8-13(9-11-18)15(3,4)5/h8H,6-7,9-12,17H2,1-5H3. The number of amides is 1. The summed E-state index contributed by atoms with van der Waals surface area (Å²) in [6.07, 6.45) is 4.87. The Bertz CT molecular complexity index is 340. The van der Waals surface area contributed by atoms with Crippen molar-refractivity contribution in [2.45, 2.75) is 53.9 Å². The zero-order valence-electron chi connectivity index (χ0n) is 13.3. The lowest BCUT2D eigenvalue weighted by Gasteiger charge is -2.38. The lowest BCUT2D eigenvalue weighted by molar-refractivity contribution is -0.141. The van der Waals surface area contributed by atoms with Gasteiger partial charge in [-0.25, -0.2) is 0 Å². The van der Waals surface area contributed by atoms with Gasteiger partial charge in [0.1, 0.15) is 0 Å². The van der Waals surface area contributed by atoms with E-state index in [0.29, 0.717) is 6.54 Å². The van der Waals surface area contributed by atoms with Crippen LogP contribution >= 0.6 is 0 Å². The molecule has 2 N–H and O–H groups in total.